The molecule has 1 aliphatic carbocycles. The van der Waals surface area contributed by atoms with Gasteiger partial charge in [0.1, 0.15) is 0 Å². The van der Waals surface area contributed by atoms with Gasteiger partial charge in [-0.1, -0.05) is 79.1 Å². The van der Waals surface area contributed by atoms with Crippen LogP contribution in [-0.4, -0.2) is 44.3 Å². The Morgan fingerprint density at radius 2 is 1.08 bits per heavy atom. The molecular weight excluding hydrogens is 464 g/mol. The number of carboxylic acids is 4. The second-order valence-corrected chi connectivity index (χ2v) is 11.1. The van der Waals surface area contributed by atoms with Crippen molar-refractivity contribution < 1.29 is 39.6 Å². The molecule has 0 radical (unpaired) electrons. The molecule has 6 unspecified atom stereocenters. The molecule has 0 aliphatic heterocycles. The number of aliphatic carboxylic acids is 4. The van der Waals surface area contributed by atoms with Crippen LogP contribution in [0.2, 0.25) is 0 Å². The second kappa shape index (κ2) is 15.9. The SMILES string of the molecule is CCC(CCCCC1CCC(C)C(C)C1CCCCC(CC)C(C(=O)O)C(=O)O)C(C(=O)O)C(=O)O. The van der Waals surface area contributed by atoms with Gasteiger partial charge >= 0.3 is 23.9 Å². The van der Waals surface area contributed by atoms with Gasteiger partial charge in [0.25, 0.3) is 0 Å². The summed E-state index contributed by atoms with van der Waals surface area (Å²) in [5, 5.41) is 37.2. The normalized spacial score (nSPS) is 23.9. The molecule has 0 amide bonds. The van der Waals surface area contributed by atoms with Crippen molar-refractivity contribution in [1.29, 1.82) is 0 Å². The van der Waals surface area contributed by atoms with Gasteiger partial charge in [-0.2, -0.15) is 0 Å². The number of hydrogen-bond donors (Lipinski definition) is 4. The van der Waals surface area contributed by atoms with Crippen LogP contribution in [0.25, 0.3) is 0 Å². The van der Waals surface area contributed by atoms with Crippen LogP contribution >= 0.6 is 0 Å². The van der Waals surface area contributed by atoms with Crippen LogP contribution in [0.3, 0.4) is 0 Å². The third kappa shape index (κ3) is 9.40. The van der Waals surface area contributed by atoms with E-state index in [2.05, 4.69) is 13.8 Å². The predicted molar refractivity (Wildman–Crippen MR) is 137 cm³/mol. The molecule has 36 heavy (non-hydrogen) atoms. The molecule has 1 saturated carbocycles. The maximum atomic E-state index is 11.4. The van der Waals surface area contributed by atoms with Crippen molar-refractivity contribution in [3.05, 3.63) is 0 Å². The molecule has 1 fully saturated rings. The lowest BCUT2D eigenvalue weighted by Gasteiger charge is -2.41. The van der Waals surface area contributed by atoms with Crippen molar-refractivity contribution in [3.8, 4) is 0 Å². The van der Waals surface area contributed by atoms with Crippen LogP contribution in [0, 0.1) is 47.3 Å². The van der Waals surface area contributed by atoms with E-state index in [1.807, 2.05) is 13.8 Å². The van der Waals surface area contributed by atoms with Crippen molar-refractivity contribution in [2.24, 2.45) is 47.3 Å². The quantitative estimate of drug-likeness (QED) is 0.128. The van der Waals surface area contributed by atoms with E-state index < -0.39 is 35.7 Å². The minimum Gasteiger partial charge on any atom is -0.481 e. The zero-order chi connectivity index (χ0) is 27.4. The molecule has 0 spiro atoms. The van der Waals surface area contributed by atoms with Crippen LogP contribution in [0.4, 0.5) is 0 Å². The molecule has 8 heteroatoms. The number of hydrogen-bond acceptors (Lipinski definition) is 4. The Kier molecular flexibility index (Phi) is 14.1. The maximum Gasteiger partial charge on any atom is 0.318 e. The van der Waals surface area contributed by atoms with Crippen LogP contribution in [0.5, 0.6) is 0 Å². The van der Waals surface area contributed by atoms with Crippen LogP contribution in [0.15, 0.2) is 0 Å². The predicted octanol–water partition coefficient (Wildman–Crippen LogP) is 6.03. The van der Waals surface area contributed by atoms with Gasteiger partial charge in [0.2, 0.25) is 0 Å². The Bertz CT molecular complexity index is 692. The molecule has 4 N–H and O–H groups in total. The van der Waals surface area contributed by atoms with Gasteiger partial charge in [0.05, 0.1) is 0 Å². The minimum absolute atomic E-state index is 0.354. The van der Waals surface area contributed by atoms with E-state index in [0.29, 0.717) is 49.4 Å². The lowest BCUT2D eigenvalue weighted by atomic mass is 9.65. The van der Waals surface area contributed by atoms with Crippen molar-refractivity contribution in [2.45, 2.75) is 105 Å². The molecular formula is C28H48O8. The summed E-state index contributed by atoms with van der Waals surface area (Å²) in [5.74, 6) is -6.04. The fourth-order valence-corrected chi connectivity index (χ4v) is 6.49. The van der Waals surface area contributed by atoms with E-state index >= 15 is 0 Å². The molecule has 6 atom stereocenters. The molecule has 0 aromatic rings. The van der Waals surface area contributed by atoms with E-state index in [1.165, 1.54) is 6.42 Å². The molecule has 0 saturated heterocycles. The zero-order valence-corrected chi connectivity index (χ0v) is 22.5. The molecule has 0 aromatic carbocycles. The number of rotatable bonds is 18. The van der Waals surface area contributed by atoms with Gasteiger partial charge in [0, 0.05) is 0 Å². The highest BCUT2D eigenvalue weighted by Gasteiger charge is 2.36. The summed E-state index contributed by atoms with van der Waals surface area (Å²) in [4.78, 5) is 45.6. The lowest BCUT2D eigenvalue weighted by molar-refractivity contribution is -0.159. The summed E-state index contributed by atoms with van der Waals surface area (Å²) < 4.78 is 0. The van der Waals surface area contributed by atoms with Crippen molar-refractivity contribution >= 4 is 23.9 Å². The largest absolute Gasteiger partial charge is 0.481 e. The standard InChI is InChI=1S/C28H48O8/c1-5-19(23(25(29)30)26(31)32)11-7-8-13-21-16-15-17(3)18(4)22(21)14-10-9-12-20(6-2)24(27(33)34)28(35)36/h17-24H,5-16H2,1-4H3,(H,29,30)(H,31,32)(H,33,34)(H,35,36). The summed E-state index contributed by atoms with van der Waals surface area (Å²) in [6.07, 6.45) is 10.3. The van der Waals surface area contributed by atoms with Crippen molar-refractivity contribution in [2.75, 3.05) is 0 Å². The molecule has 0 aromatic heterocycles. The van der Waals surface area contributed by atoms with Gasteiger partial charge in [-0.05, 0) is 61.2 Å². The first kappa shape index (κ1) is 31.9. The minimum atomic E-state index is -1.34. The van der Waals surface area contributed by atoms with Crippen molar-refractivity contribution in [3.63, 3.8) is 0 Å². The average molecular weight is 513 g/mol. The second-order valence-electron chi connectivity index (χ2n) is 11.1. The highest BCUT2D eigenvalue weighted by atomic mass is 16.4. The first-order valence-electron chi connectivity index (χ1n) is 13.9. The fourth-order valence-electron chi connectivity index (χ4n) is 6.49. The molecule has 0 bridgehead atoms. The fraction of sp³-hybridized carbons (Fsp3) is 0.857. The Hall–Kier alpha value is -2.12. The Balaban J connectivity index is 2.62. The third-order valence-electron chi connectivity index (χ3n) is 8.99. The highest BCUT2D eigenvalue weighted by molar-refractivity contribution is 5.93. The van der Waals surface area contributed by atoms with Gasteiger partial charge in [-0.15, -0.1) is 0 Å². The summed E-state index contributed by atoms with van der Waals surface area (Å²) in [6, 6.07) is 0. The molecule has 8 nitrogen and oxygen atoms in total. The molecule has 1 aliphatic rings. The van der Waals surface area contributed by atoms with Gasteiger partial charge < -0.3 is 20.4 Å². The molecule has 208 valence electrons. The lowest BCUT2D eigenvalue weighted by Crippen LogP contribution is -2.32. The van der Waals surface area contributed by atoms with E-state index in [0.717, 1.165) is 44.9 Å². The summed E-state index contributed by atoms with van der Waals surface area (Å²) >= 11 is 0. The Labute approximate surface area is 215 Å². The smallest absolute Gasteiger partial charge is 0.318 e. The number of carbonyl (C=O) groups is 4. The van der Waals surface area contributed by atoms with Gasteiger partial charge in [0.15, 0.2) is 11.8 Å². The number of carboxylic acid groups (broad SMARTS) is 4. The molecule has 0 heterocycles. The topological polar surface area (TPSA) is 149 Å². The van der Waals surface area contributed by atoms with Crippen molar-refractivity contribution in [1.82, 2.24) is 0 Å². The van der Waals surface area contributed by atoms with E-state index in [1.54, 1.807) is 0 Å². The van der Waals surface area contributed by atoms with Crippen LogP contribution in [0.1, 0.15) is 105 Å². The first-order chi connectivity index (χ1) is 17.0. The summed E-state index contributed by atoms with van der Waals surface area (Å²) in [5.41, 5.74) is 0. The monoisotopic (exact) mass is 512 g/mol. The van der Waals surface area contributed by atoms with Gasteiger partial charge in [-0.3, -0.25) is 19.2 Å². The van der Waals surface area contributed by atoms with Gasteiger partial charge in [-0.25, -0.2) is 0 Å². The van der Waals surface area contributed by atoms with Crippen LogP contribution in [-0.2, 0) is 19.2 Å². The maximum absolute atomic E-state index is 11.4. The zero-order valence-electron chi connectivity index (χ0n) is 22.5. The summed E-state index contributed by atoms with van der Waals surface area (Å²) in [6.45, 7) is 8.32. The van der Waals surface area contributed by atoms with Crippen LogP contribution < -0.4 is 0 Å². The van der Waals surface area contributed by atoms with E-state index in [-0.39, 0.29) is 11.8 Å². The Morgan fingerprint density at radius 1 is 0.667 bits per heavy atom. The van der Waals surface area contributed by atoms with E-state index in [9.17, 15) is 39.6 Å². The highest BCUT2D eigenvalue weighted by Crippen LogP contribution is 2.43. The molecule has 1 rings (SSSR count). The Morgan fingerprint density at radius 3 is 1.47 bits per heavy atom. The van der Waals surface area contributed by atoms with E-state index in [4.69, 9.17) is 0 Å². The number of unbranched alkanes of at least 4 members (excludes halogenated alkanes) is 2. The first-order valence-corrected chi connectivity index (χ1v) is 13.9. The summed E-state index contributed by atoms with van der Waals surface area (Å²) in [7, 11) is 0. The third-order valence-corrected chi connectivity index (χ3v) is 8.99. The average Bonchev–Trinajstić information content (AvgIpc) is 2.79.